The molecule has 4 rings (SSSR count). The number of nitro groups is 1. The number of ether oxygens (including phenoxy) is 1. The minimum Gasteiger partial charge on any atom is -0.489 e. The Morgan fingerprint density at radius 2 is 1.66 bits per heavy atom. The van der Waals surface area contributed by atoms with Crippen molar-refractivity contribution in [2.45, 2.75) is 32.8 Å². The van der Waals surface area contributed by atoms with E-state index in [1.807, 2.05) is 30.3 Å². The van der Waals surface area contributed by atoms with E-state index in [0.717, 1.165) is 28.5 Å². The lowest BCUT2D eigenvalue weighted by atomic mass is 9.96. The van der Waals surface area contributed by atoms with Gasteiger partial charge in [-0.15, -0.1) is 0 Å². The molecule has 0 radical (unpaired) electrons. The lowest BCUT2D eigenvalue weighted by Crippen LogP contribution is -1.98. The van der Waals surface area contributed by atoms with Crippen molar-refractivity contribution in [3.8, 4) is 5.75 Å². The third-order valence-corrected chi connectivity index (χ3v) is 5.60. The molecule has 4 heteroatoms. The molecule has 4 nitrogen and oxygen atoms in total. The number of nitrogens with zero attached hydrogens (tertiary/aromatic N) is 1. The van der Waals surface area contributed by atoms with Crippen LogP contribution in [0.1, 0.15) is 37.3 Å². The Labute approximate surface area is 169 Å². The summed E-state index contributed by atoms with van der Waals surface area (Å²) in [6.45, 7) is 4.80. The first-order valence-corrected chi connectivity index (χ1v) is 9.88. The molecule has 0 aromatic heterocycles. The molecular weight excluding hydrogens is 362 g/mol. The summed E-state index contributed by atoms with van der Waals surface area (Å²) >= 11 is 0. The van der Waals surface area contributed by atoms with Crippen LogP contribution < -0.4 is 4.74 Å². The molecule has 4 aromatic carbocycles. The van der Waals surface area contributed by atoms with E-state index in [0.29, 0.717) is 17.9 Å². The second-order valence-electron chi connectivity index (χ2n) is 7.41. The number of hydrogen-bond donors (Lipinski definition) is 0. The molecule has 0 N–H and O–H groups in total. The van der Waals surface area contributed by atoms with Crippen LogP contribution in [-0.2, 0) is 6.61 Å². The van der Waals surface area contributed by atoms with Crippen LogP contribution in [0.5, 0.6) is 5.75 Å². The SMILES string of the molecule is CCC(C)c1ccc2cc(OCc3ccc([N+](=O)[O-])c4ccccc34)ccc2c1. The standard InChI is InChI=1S/C25H23NO3/c1-3-17(2)18-8-9-20-15-22(12-10-19(20)14-18)29-16-21-11-13-25(26(27)28)24-7-5-4-6-23(21)24/h4-15,17H,3,16H2,1-2H3. The second kappa shape index (κ2) is 7.92. The Balaban J connectivity index is 1.60. The molecule has 0 aliphatic carbocycles. The largest absolute Gasteiger partial charge is 0.489 e. The normalized spacial score (nSPS) is 12.2. The van der Waals surface area contributed by atoms with Gasteiger partial charge in [0.15, 0.2) is 0 Å². The predicted molar refractivity (Wildman–Crippen MR) is 118 cm³/mol. The topological polar surface area (TPSA) is 52.4 Å². The van der Waals surface area contributed by atoms with E-state index in [1.54, 1.807) is 18.2 Å². The molecule has 0 bridgehead atoms. The Kier molecular flexibility index (Phi) is 5.17. The molecule has 146 valence electrons. The zero-order valence-electron chi connectivity index (χ0n) is 16.6. The van der Waals surface area contributed by atoms with Crippen LogP contribution in [0.4, 0.5) is 5.69 Å². The van der Waals surface area contributed by atoms with Crippen molar-refractivity contribution < 1.29 is 9.66 Å². The van der Waals surface area contributed by atoms with Crippen LogP contribution in [0.3, 0.4) is 0 Å². The molecule has 0 heterocycles. The van der Waals surface area contributed by atoms with E-state index in [1.165, 1.54) is 10.9 Å². The van der Waals surface area contributed by atoms with Crippen LogP contribution in [0.15, 0.2) is 72.8 Å². The molecule has 0 aliphatic rings. The van der Waals surface area contributed by atoms with E-state index in [4.69, 9.17) is 4.74 Å². The zero-order chi connectivity index (χ0) is 20.4. The van der Waals surface area contributed by atoms with E-state index in [2.05, 4.69) is 38.1 Å². The van der Waals surface area contributed by atoms with Crippen molar-refractivity contribution in [3.63, 3.8) is 0 Å². The van der Waals surface area contributed by atoms with Crippen LogP contribution >= 0.6 is 0 Å². The number of nitro benzene ring substituents is 1. The maximum Gasteiger partial charge on any atom is 0.277 e. The van der Waals surface area contributed by atoms with E-state index >= 15 is 0 Å². The zero-order valence-corrected chi connectivity index (χ0v) is 16.6. The fourth-order valence-electron chi connectivity index (χ4n) is 3.67. The average molecular weight is 385 g/mol. The third-order valence-electron chi connectivity index (χ3n) is 5.60. The van der Waals surface area contributed by atoms with Crippen molar-refractivity contribution in [1.82, 2.24) is 0 Å². The average Bonchev–Trinajstić information content (AvgIpc) is 2.76. The van der Waals surface area contributed by atoms with Gasteiger partial charge in [0, 0.05) is 6.07 Å². The Hall–Kier alpha value is -3.40. The molecular formula is C25H23NO3. The minimum atomic E-state index is -0.343. The summed E-state index contributed by atoms with van der Waals surface area (Å²) in [5.74, 6) is 1.34. The predicted octanol–water partition coefficient (Wildman–Crippen LogP) is 6.99. The summed E-state index contributed by atoms with van der Waals surface area (Å²) in [6, 6.07) is 23.4. The van der Waals surface area contributed by atoms with Gasteiger partial charge in [0.25, 0.3) is 5.69 Å². The number of hydrogen-bond acceptors (Lipinski definition) is 3. The third kappa shape index (κ3) is 3.79. The van der Waals surface area contributed by atoms with Crippen molar-refractivity contribution in [2.24, 2.45) is 0 Å². The molecule has 0 aliphatic heterocycles. The molecule has 0 amide bonds. The first-order valence-electron chi connectivity index (χ1n) is 9.88. The minimum absolute atomic E-state index is 0.118. The number of fused-ring (bicyclic) bond motifs is 2. The highest BCUT2D eigenvalue weighted by molar-refractivity contribution is 5.93. The highest BCUT2D eigenvalue weighted by atomic mass is 16.6. The highest BCUT2D eigenvalue weighted by Crippen LogP contribution is 2.30. The number of non-ortho nitro benzene ring substituents is 1. The summed E-state index contributed by atoms with van der Waals surface area (Å²) in [4.78, 5) is 10.9. The molecule has 0 spiro atoms. The van der Waals surface area contributed by atoms with Gasteiger partial charge in [-0.25, -0.2) is 0 Å². The van der Waals surface area contributed by atoms with E-state index in [-0.39, 0.29) is 10.6 Å². The molecule has 0 saturated heterocycles. The fraction of sp³-hybridized carbons (Fsp3) is 0.200. The van der Waals surface area contributed by atoms with Crippen molar-refractivity contribution in [1.29, 1.82) is 0 Å². The summed E-state index contributed by atoms with van der Waals surface area (Å²) in [6.07, 6.45) is 1.12. The van der Waals surface area contributed by atoms with Crippen molar-refractivity contribution in [3.05, 3.63) is 94.0 Å². The van der Waals surface area contributed by atoms with Crippen LogP contribution in [-0.4, -0.2) is 4.92 Å². The second-order valence-corrected chi connectivity index (χ2v) is 7.41. The Morgan fingerprint density at radius 3 is 2.41 bits per heavy atom. The molecule has 4 aromatic rings. The summed E-state index contributed by atoms with van der Waals surface area (Å²) in [5.41, 5.74) is 2.40. The van der Waals surface area contributed by atoms with Crippen LogP contribution in [0.2, 0.25) is 0 Å². The van der Waals surface area contributed by atoms with Gasteiger partial charge in [0.1, 0.15) is 12.4 Å². The van der Waals surface area contributed by atoms with E-state index in [9.17, 15) is 10.1 Å². The lowest BCUT2D eigenvalue weighted by molar-refractivity contribution is -0.383. The first-order chi connectivity index (χ1) is 14.1. The van der Waals surface area contributed by atoms with Crippen molar-refractivity contribution >= 4 is 27.2 Å². The lowest BCUT2D eigenvalue weighted by Gasteiger charge is -2.12. The smallest absolute Gasteiger partial charge is 0.277 e. The molecule has 1 unspecified atom stereocenters. The number of benzene rings is 4. The molecule has 0 fully saturated rings. The highest BCUT2D eigenvalue weighted by Gasteiger charge is 2.14. The fourth-order valence-corrected chi connectivity index (χ4v) is 3.67. The maximum atomic E-state index is 11.3. The number of rotatable bonds is 6. The first kappa shape index (κ1) is 18.9. The molecule has 29 heavy (non-hydrogen) atoms. The Morgan fingerprint density at radius 1 is 0.931 bits per heavy atom. The van der Waals surface area contributed by atoms with Gasteiger partial charge in [-0.05, 0) is 63.9 Å². The van der Waals surface area contributed by atoms with E-state index < -0.39 is 0 Å². The van der Waals surface area contributed by atoms with Crippen LogP contribution in [0.25, 0.3) is 21.5 Å². The van der Waals surface area contributed by atoms with Crippen LogP contribution in [0, 0.1) is 10.1 Å². The monoisotopic (exact) mass is 385 g/mol. The molecule has 1 atom stereocenters. The van der Waals surface area contributed by atoms with Crippen molar-refractivity contribution in [2.75, 3.05) is 0 Å². The summed E-state index contributed by atoms with van der Waals surface area (Å²) in [7, 11) is 0. The van der Waals surface area contributed by atoms with Gasteiger partial charge in [-0.2, -0.15) is 0 Å². The van der Waals surface area contributed by atoms with Gasteiger partial charge in [0.2, 0.25) is 0 Å². The van der Waals surface area contributed by atoms with Gasteiger partial charge < -0.3 is 4.74 Å². The quantitative estimate of drug-likeness (QED) is 0.265. The summed E-state index contributed by atoms with van der Waals surface area (Å²) in [5, 5.41) is 15.1. The molecule has 0 saturated carbocycles. The van der Waals surface area contributed by atoms with Gasteiger partial charge >= 0.3 is 0 Å². The van der Waals surface area contributed by atoms with Gasteiger partial charge in [-0.1, -0.05) is 56.3 Å². The van der Waals surface area contributed by atoms with Gasteiger partial charge in [-0.3, -0.25) is 10.1 Å². The van der Waals surface area contributed by atoms with Gasteiger partial charge in [0.05, 0.1) is 10.3 Å². The Bertz CT molecular complexity index is 1200. The maximum absolute atomic E-state index is 11.3. The summed E-state index contributed by atoms with van der Waals surface area (Å²) < 4.78 is 6.04.